The van der Waals surface area contributed by atoms with Crippen molar-refractivity contribution in [2.24, 2.45) is 17.3 Å². The van der Waals surface area contributed by atoms with Gasteiger partial charge in [0.05, 0.1) is 24.9 Å². The number of rotatable bonds is 2. The first-order chi connectivity index (χ1) is 11.8. The molecule has 2 aliphatic carbocycles. The van der Waals surface area contributed by atoms with Crippen molar-refractivity contribution in [3.63, 3.8) is 0 Å². The van der Waals surface area contributed by atoms with Crippen LogP contribution in [0.2, 0.25) is 18.1 Å². The standard InChI is InChI=1S/C21H40O4Si/c1-15-17-19(5,11-12-21(15)23-13-14-24-21)16(9-10-20(17,6)22)25-26(7,8)18(2,3)4/h15-17,22H,9-14H2,1-8H3/t15-,16-,17-,19+,20+/m0/s1. The van der Waals surface area contributed by atoms with Gasteiger partial charge in [-0.3, -0.25) is 0 Å². The molecule has 2 saturated carbocycles. The number of aliphatic hydroxyl groups is 1. The molecule has 1 heterocycles. The van der Waals surface area contributed by atoms with E-state index < -0.39 is 19.7 Å². The molecule has 3 fully saturated rings. The Bertz CT molecular complexity index is 533. The molecule has 0 aromatic rings. The molecular formula is C21H40O4Si. The Morgan fingerprint density at radius 2 is 1.62 bits per heavy atom. The lowest BCUT2D eigenvalue weighted by molar-refractivity contribution is -0.287. The second-order valence-corrected chi connectivity index (χ2v) is 15.8. The predicted octanol–water partition coefficient (Wildman–Crippen LogP) is 4.72. The molecule has 1 aliphatic heterocycles. The van der Waals surface area contributed by atoms with Crippen molar-refractivity contribution in [2.75, 3.05) is 13.2 Å². The molecule has 0 unspecified atom stereocenters. The monoisotopic (exact) mass is 384 g/mol. The topological polar surface area (TPSA) is 47.9 Å². The van der Waals surface area contributed by atoms with Gasteiger partial charge in [0, 0.05) is 18.3 Å². The van der Waals surface area contributed by atoms with Crippen LogP contribution >= 0.6 is 0 Å². The minimum absolute atomic E-state index is 0.0444. The van der Waals surface area contributed by atoms with Gasteiger partial charge in [-0.2, -0.15) is 0 Å². The highest BCUT2D eigenvalue weighted by Gasteiger charge is 2.64. The average molecular weight is 385 g/mol. The number of hydrogen-bond donors (Lipinski definition) is 1. The molecule has 1 spiro atoms. The van der Waals surface area contributed by atoms with Gasteiger partial charge in [-0.15, -0.1) is 0 Å². The Hall–Kier alpha value is 0.0569. The highest BCUT2D eigenvalue weighted by atomic mass is 28.4. The summed E-state index contributed by atoms with van der Waals surface area (Å²) in [4.78, 5) is 0. The van der Waals surface area contributed by atoms with Gasteiger partial charge in [-0.05, 0) is 49.7 Å². The zero-order chi connectivity index (χ0) is 19.6. The third-order valence-corrected chi connectivity index (χ3v) is 12.7. The fraction of sp³-hybridized carbons (Fsp3) is 1.00. The molecule has 0 bridgehead atoms. The molecule has 5 heteroatoms. The lowest BCUT2D eigenvalue weighted by Gasteiger charge is -2.62. The van der Waals surface area contributed by atoms with Gasteiger partial charge in [0.1, 0.15) is 0 Å². The van der Waals surface area contributed by atoms with Crippen molar-refractivity contribution >= 4 is 8.32 Å². The maximum atomic E-state index is 11.4. The van der Waals surface area contributed by atoms with E-state index in [2.05, 4.69) is 47.7 Å². The van der Waals surface area contributed by atoms with Crippen LogP contribution in [0.15, 0.2) is 0 Å². The van der Waals surface area contributed by atoms with E-state index in [0.717, 1.165) is 25.7 Å². The number of fused-ring (bicyclic) bond motifs is 1. The first-order valence-electron chi connectivity index (χ1n) is 10.4. The highest BCUT2D eigenvalue weighted by molar-refractivity contribution is 6.74. The van der Waals surface area contributed by atoms with Crippen molar-refractivity contribution < 1.29 is 19.0 Å². The SMILES string of the molecule is C[C@H]1[C@H]2[C@](C)(CCC13OCCO3)[C@@H](O[Si](C)(C)C(C)(C)C)CC[C@@]2(C)O. The number of hydrogen-bond acceptors (Lipinski definition) is 4. The Kier molecular flexibility index (Phi) is 5.02. The molecule has 0 radical (unpaired) electrons. The Labute approximate surface area is 161 Å². The maximum Gasteiger partial charge on any atom is 0.192 e. The fourth-order valence-corrected chi connectivity index (χ4v) is 7.23. The van der Waals surface area contributed by atoms with Crippen molar-refractivity contribution in [3.05, 3.63) is 0 Å². The molecule has 4 nitrogen and oxygen atoms in total. The quantitative estimate of drug-likeness (QED) is 0.700. The van der Waals surface area contributed by atoms with Gasteiger partial charge in [0.25, 0.3) is 0 Å². The Morgan fingerprint density at radius 1 is 1.04 bits per heavy atom. The minimum Gasteiger partial charge on any atom is -0.413 e. The zero-order valence-corrected chi connectivity index (χ0v) is 19.1. The predicted molar refractivity (Wildman–Crippen MR) is 107 cm³/mol. The summed E-state index contributed by atoms with van der Waals surface area (Å²) >= 11 is 0. The average Bonchev–Trinajstić information content (AvgIpc) is 2.96. The molecule has 1 N–H and O–H groups in total. The van der Waals surface area contributed by atoms with Crippen molar-refractivity contribution in [1.29, 1.82) is 0 Å². The molecule has 1 saturated heterocycles. The Balaban J connectivity index is 1.93. The third kappa shape index (κ3) is 3.12. The zero-order valence-electron chi connectivity index (χ0n) is 18.1. The molecule has 152 valence electrons. The summed E-state index contributed by atoms with van der Waals surface area (Å²) in [6, 6.07) is 0. The van der Waals surface area contributed by atoms with E-state index in [-0.39, 0.29) is 28.4 Å². The molecular weight excluding hydrogens is 344 g/mol. The van der Waals surface area contributed by atoms with E-state index in [1.54, 1.807) is 0 Å². The van der Waals surface area contributed by atoms with Crippen LogP contribution in [0.25, 0.3) is 0 Å². The summed E-state index contributed by atoms with van der Waals surface area (Å²) in [7, 11) is -1.87. The third-order valence-electron chi connectivity index (χ3n) is 8.25. The van der Waals surface area contributed by atoms with Crippen molar-refractivity contribution in [3.8, 4) is 0 Å². The van der Waals surface area contributed by atoms with Gasteiger partial charge in [0.15, 0.2) is 14.1 Å². The summed E-state index contributed by atoms with van der Waals surface area (Å²) in [6.45, 7) is 19.5. The van der Waals surface area contributed by atoms with E-state index in [1.807, 2.05) is 6.92 Å². The van der Waals surface area contributed by atoms with Crippen molar-refractivity contribution in [2.45, 2.75) is 103 Å². The summed E-state index contributed by atoms with van der Waals surface area (Å²) in [5, 5.41) is 11.6. The lowest BCUT2D eigenvalue weighted by Crippen LogP contribution is -2.66. The van der Waals surface area contributed by atoms with Crippen LogP contribution in [0, 0.1) is 17.3 Å². The van der Waals surface area contributed by atoms with E-state index in [0.29, 0.717) is 13.2 Å². The fourth-order valence-electron chi connectivity index (χ4n) is 5.77. The normalized spacial score (nSPS) is 43.5. The maximum absolute atomic E-state index is 11.4. The van der Waals surface area contributed by atoms with E-state index in [4.69, 9.17) is 13.9 Å². The molecule has 5 atom stereocenters. The van der Waals surface area contributed by atoms with Crippen LogP contribution in [0.5, 0.6) is 0 Å². The number of ether oxygens (including phenoxy) is 2. The van der Waals surface area contributed by atoms with Crippen LogP contribution in [0.4, 0.5) is 0 Å². The van der Waals surface area contributed by atoms with Gasteiger partial charge >= 0.3 is 0 Å². The summed E-state index contributed by atoms with van der Waals surface area (Å²) in [5.74, 6) is -0.234. The van der Waals surface area contributed by atoms with E-state index in [1.165, 1.54) is 0 Å². The second-order valence-electron chi connectivity index (χ2n) is 11.0. The van der Waals surface area contributed by atoms with Gasteiger partial charge in [0.2, 0.25) is 0 Å². The first kappa shape index (κ1) is 20.8. The highest BCUT2D eigenvalue weighted by Crippen LogP contribution is 2.61. The molecule has 0 aromatic carbocycles. The van der Waals surface area contributed by atoms with Crippen LogP contribution in [-0.4, -0.2) is 44.1 Å². The molecule has 3 rings (SSSR count). The van der Waals surface area contributed by atoms with Gasteiger partial charge < -0.3 is 19.0 Å². The van der Waals surface area contributed by atoms with Gasteiger partial charge in [-0.25, -0.2) is 0 Å². The van der Waals surface area contributed by atoms with Crippen LogP contribution in [0.3, 0.4) is 0 Å². The second kappa shape index (κ2) is 6.28. The summed E-state index contributed by atoms with van der Waals surface area (Å²) in [6.07, 6.45) is 3.81. The van der Waals surface area contributed by atoms with Crippen LogP contribution in [-0.2, 0) is 13.9 Å². The summed E-state index contributed by atoms with van der Waals surface area (Å²) in [5.41, 5.74) is -0.749. The summed E-state index contributed by atoms with van der Waals surface area (Å²) < 4.78 is 19.2. The minimum atomic E-state index is -1.87. The molecule has 0 aromatic heterocycles. The van der Waals surface area contributed by atoms with Crippen molar-refractivity contribution in [1.82, 2.24) is 0 Å². The molecule has 3 aliphatic rings. The molecule has 0 amide bonds. The van der Waals surface area contributed by atoms with Crippen LogP contribution < -0.4 is 0 Å². The van der Waals surface area contributed by atoms with Crippen LogP contribution in [0.1, 0.15) is 67.2 Å². The largest absolute Gasteiger partial charge is 0.413 e. The van der Waals surface area contributed by atoms with Gasteiger partial charge in [-0.1, -0.05) is 34.6 Å². The molecule has 26 heavy (non-hydrogen) atoms. The lowest BCUT2D eigenvalue weighted by atomic mass is 9.49. The Morgan fingerprint density at radius 3 is 2.15 bits per heavy atom. The first-order valence-corrected chi connectivity index (χ1v) is 13.3. The smallest absolute Gasteiger partial charge is 0.192 e. The van der Waals surface area contributed by atoms with E-state index in [9.17, 15) is 5.11 Å². The van der Waals surface area contributed by atoms with E-state index >= 15 is 0 Å².